The minimum absolute atomic E-state index is 0.0352. The summed E-state index contributed by atoms with van der Waals surface area (Å²) in [7, 11) is 0. The van der Waals surface area contributed by atoms with Gasteiger partial charge in [0.1, 0.15) is 0 Å². The molecule has 0 saturated heterocycles. The summed E-state index contributed by atoms with van der Waals surface area (Å²) in [5.41, 5.74) is 1.13. The van der Waals surface area contributed by atoms with Gasteiger partial charge in [-0.1, -0.05) is 53.6 Å². The zero-order valence-electron chi connectivity index (χ0n) is 12.9. The molecule has 3 atom stereocenters. The van der Waals surface area contributed by atoms with Crippen molar-refractivity contribution in [1.29, 1.82) is 0 Å². The van der Waals surface area contributed by atoms with Crippen LogP contribution in [0.2, 0.25) is 10.0 Å². The Bertz CT molecular complexity index is 860. The molecular weight excluding hydrogens is 370 g/mol. The summed E-state index contributed by atoms with van der Waals surface area (Å²) in [6.45, 7) is 0. The van der Waals surface area contributed by atoms with E-state index in [1.807, 2.05) is 12.2 Å². The molecule has 1 N–H and O–H groups in total. The predicted octanol–water partition coefficient (Wildman–Crippen LogP) is 6.84. The topological polar surface area (TPSA) is 12.0 Å². The monoisotopic (exact) mass is 383 g/mol. The van der Waals surface area contributed by atoms with Crippen molar-refractivity contribution in [2.45, 2.75) is 24.6 Å². The molecule has 25 heavy (non-hydrogen) atoms. The van der Waals surface area contributed by atoms with Gasteiger partial charge in [-0.05, 0) is 36.1 Å². The van der Waals surface area contributed by atoms with Gasteiger partial charge in [-0.25, -0.2) is 0 Å². The number of fused-ring (bicyclic) bond motifs is 3. The van der Waals surface area contributed by atoms with E-state index >= 15 is 0 Å². The summed E-state index contributed by atoms with van der Waals surface area (Å²) < 4.78 is 40.5. The Morgan fingerprint density at radius 2 is 1.72 bits per heavy atom. The van der Waals surface area contributed by atoms with Gasteiger partial charge in [-0.3, -0.25) is 0 Å². The van der Waals surface area contributed by atoms with Crippen molar-refractivity contribution in [3.05, 3.63) is 75.3 Å². The third-order valence-corrected chi connectivity index (χ3v) is 5.66. The first kappa shape index (κ1) is 16.8. The van der Waals surface area contributed by atoms with Crippen LogP contribution in [0.3, 0.4) is 0 Å². The lowest BCUT2D eigenvalue weighted by Gasteiger charge is -2.39. The lowest BCUT2D eigenvalue weighted by Crippen LogP contribution is -2.31. The van der Waals surface area contributed by atoms with Crippen LogP contribution < -0.4 is 5.32 Å². The molecule has 0 bridgehead atoms. The molecule has 1 aliphatic heterocycles. The van der Waals surface area contributed by atoms with E-state index in [9.17, 15) is 13.2 Å². The average Bonchev–Trinajstić information content (AvgIpc) is 3.06. The van der Waals surface area contributed by atoms with E-state index in [0.717, 1.165) is 11.6 Å². The number of halogens is 5. The smallest absolute Gasteiger partial charge is 0.376 e. The second kappa shape index (κ2) is 5.96. The van der Waals surface area contributed by atoms with E-state index in [0.29, 0.717) is 22.2 Å². The number of allylic oxidation sites excluding steroid dienone is 2. The lowest BCUT2D eigenvalue weighted by atomic mass is 9.76. The van der Waals surface area contributed by atoms with Crippen LogP contribution in [0.1, 0.15) is 35.1 Å². The van der Waals surface area contributed by atoms with Crippen LogP contribution >= 0.6 is 23.2 Å². The molecule has 0 aromatic heterocycles. The molecule has 1 heterocycles. The van der Waals surface area contributed by atoms with Crippen LogP contribution in [-0.4, -0.2) is 0 Å². The fourth-order valence-corrected chi connectivity index (χ4v) is 4.47. The highest BCUT2D eigenvalue weighted by atomic mass is 35.5. The Balaban J connectivity index is 1.88. The van der Waals surface area contributed by atoms with Gasteiger partial charge < -0.3 is 5.32 Å². The highest BCUT2D eigenvalue weighted by Gasteiger charge is 2.43. The van der Waals surface area contributed by atoms with Gasteiger partial charge in [-0.15, -0.1) is 0 Å². The number of nitrogens with one attached hydrogen (secondary N) is 1. The molecular formula is C19H14Cl2F3N. The van der Waals surface area contributed by atoms with Gasteiger partial charge in [0.15, 0.2) is 0 Å². The minimum atomic E-state index is -4.40. The number of alkyl halides is 3. The number of benzene rings is 2. The van der Waals surface area contributed by atoms with Crippen LogP contribution in [0.5, 0.6) is 0 Å². The standard InChI is InChI=1S/C19H14Cl2F3N/c20-14-8-9-15(21)18-16(14)10-5-3-6-11(10)17(25-18)12-4-1-2-7-13(12)19(22,23)24/h1-5,7-11,17,25H,6H2/t10-,11-,17+/m1/s1. The third-order valence-electron chi connectivity index (χ3n) is 5.02. The Labute approximate surface area is 153 Å². The maximum Gasteiger partial charge on any atom is 0.416 e. The normalized spacial score (nSPS) is 24.6. The molecule has 2 aromatic rings. The summed E-state index contributed by atoms with van der Waals surface area (Å²) in [6.07, 6.45) is 0.317. The van der Waals surface area contributed by atoms with Crippen molar-refractivity contribution in [2.24, 2.45) is 5.92 Å². The number of hydrogen-bond donors (Lipinski definition) is 1. The molecule has 1 aliphatic carbocycles. The quantitative estimate of drug-likeness (QED) is 0.531. The van der Waals surface area contributed by atoms with E-state index in [-0.39, 0.29) is 17.4 Å². The second-order valence-corrected chi connectivity index (χ2v) is 7.19. The first-order valence-corrected chi connectivity index (χ1v) is 8.70. The summed E-state index contributed by atoms with van der Waals surface area (Å²) in [6, 6.07) is 8.64. The highest BCUT2D eigenvalue weighted by Crippen LogP contribution is 2.54. The van der Waals surface area contributed by atoms with E-state index in [1.54, 1.807) is 24.3 Å². The Hall–Kier alpha value is -1.65. The van der Waals surface area contributed by atoms with E-state index in [2.05, 4.69) is 5.32 Å². The van der Waals surface area contributed by atoms with Gasteiger partial charge in [0.25, 0.3) is 0 Å². The lowest BCUT2D eigenvalue weighted by molar-refractivity contribution is -0.138. The van der Waals surface area contributed by atoms with Crippen molar-refractivity contribution < 1.29 is 13.2 Å². The zero-order chi connectivity index (χ0) is 17.8. The number of rotatable bonds is 1. The summed E-state index contributed by atoms with van der Waals surface area (Å²) >= 11 is 12.7. The molecule has 0 fully saturated rings. The van der Waals surface area contributed by atoms with E-state index in [4.69, 9.17) is 23.2 Å². The molecule has 0 radical (unpaired) electrons. The number of hydrogen-bond acceptors (Lipinski definition) is 1. The van der Waals surface area contributed by atoms with E-state index < -0.39 is 17.8 Å². The highest BCUT2D eigenvalue weighted by molar-refractivity contribution is 6.36. The first-order chi connectivity index (χ1) is 11.9. The molecule has 0 saturated carbocycles. The van der Waals surface area contributed by atoms with Crippen molar-refractivity contribution in [3.8, 4) is 0 Å². The van der Waals surface area contributed by atoms with Gasteiger partial charge in [-0.2, -0.15) is 13.2 Å². The zero-order valence-corrected chi connectivity index (χ0v) is 14.5. The van der Waals surface area contributed by atoms with Crippen molar-refractivity contribution >= 4 is 28.9 Å². The fraction of sp³-hybridized carbons (Fsp3) is 0.263. The second-order valence-electron chi connectivity index (χ2n) is 6.38. The molecule has 6 heteroatoms. The average molecular weight is 384 g/mol. The molecule has 0 unspecified atom stereocenters. The maximum atomic E-state index is 13.5. The van der Waals surface area contributed by atoms with Crippen molar-refractivity contribution in [1.82, 2.24) is 0 Å². The SMILES string of the molecule is FC(F)(F)c1ccccc1[C@H]1Nc2c(Cl)ccc(Cl)c2[C@@H]2C=CC[C@@H]12. The summed E-state index contributed by atoms with van der Waals surface area (Å²) in [5.74, 6) is -0.0827. The first-order valence-electron chi connectivity index (χ1n) is 7.95. The third kappa shape index (κ3) is 2.72. The summed E-state index contributed by atoms with van der Waals surface area (Å²) in [5, 5.41) is 4.29. The molecule has 130 valence electrons. The van der Waals surface area contributed by atoms with Crippen molar-refractivity contribution in [2.75, 3.05) is 5.32 Å². The minimum Gasteiger partial charge on any atom is -0.376 e. The molecule has 2 aromatic carbocycles. The maximum absolute atomic E-state index is 13.5. The largest absolute Gasteiger partial charge is 0.416 e. The molecule has 0 amide bonds. The molecule has 4 rings (SSSR count). The van der Waals surface area contributed by atoms with E-state index in [1.165, 1.54) is 6.07 Å². The van der Waals surface area contributed by atoms with Crippen molar-refractivity contribution in [3.63, 3.8) is 0 Å². The number of anilines is 1. The fourth-order valence-electron chi connectivity index (χ4n) is 3.96. The Morgan fingerprint density at radius 3 is 2.48 bits per heavy atom. The van der Waals surface area contributed by atoms with Gasteiger partial charge in [0, 0.05) is 16.5 Å². The van der Waals surface area contributed by atoms with Gasteiger partial charge in [0.05, 0.1) is 22.3 Å². The molecule has 2 aliphatic rings. The Kier molecular flexibility index (Phi) is 4.00. The molecule has 0 spiro atoms. The van der Waals surface area contributed by atoms with Gasteiger partial charge in [0.2, 0.25) is 0 Å². The van der Waals surface area contributed by atoms with Crippen LogP contribution in [0.15, 0.2) is 48.6 Å². The van der Waals surface area contributed by atoms with Crippen LogP contribution in [0.25, 0.3) is 0 Å². The predicted molar refractivity (Wildman–Crippen MR) is 94.3 cm³/mol. The van der Waals surface area contributed by atoms with Crippen LogP contribution in [0.4, 0.5) is 18.9 Å². The van der Waals surface area contributed by atoms with Crippen LogP contribution in [-0.2, 0) is 6.18 Å². The van der Waals surface area contributed by atoms with Crippen LogP contribution in [0, 0.1) is 5.92 Å². The Morgan fingerprint density at radius 1 is 1.00 bits per heavy atom. The molecule has 1 nitrogen and oxygen atoms in total. The van der Waals surface area contributed by atoms with Gasteiger partial charge >= 0.3 is 6.18 Å². The summed E-state index contributed by atoms with van der Waals surface area (Å²) in [4.78, 5) is 0.